The Morgan fingerprint density at radius 3 is 2.55 bits per heavy atom. The topological polar surface area (TPSA) is 73.7 Å². The summed E-state index contributed by atoms with van der Waals surface area (Å²) in [7, 11) is 0. The number of aryl methyl sites for hydroxylation is 2. The monoisotopic (exact) mass is 368 g/mol. The highest BCUT2D eigenvalue weighted by Crippen LogP contribution is 2.45. The number of rotatable bonds is 4. The molecule has 3 rings (SSSR count). The molecule has 1 saturated carbocycles. The van der Waals surface area contributed by atoms with Gasteiger partial charge in [-0.25, -0.2) is 4.79 Å². The van der Waals surface area contributed by atoms with Crippen LogP contribution >= 0.6 is 15.9 Å². The van der Waals surface area contributed by atoms with Crippen LogP contribution in [0.2, 0.25) is 0 Å². The molecule has 6 heteroatoms. The number of hydrogen-bond acceptors (Lipinski definition) is 4. The van der Waals surface area contributed by atoms with E-state index in [0.717, 1.165) is 41.3 Å². The van der Waals surface area contributed by atoms with Crippen molar-refractivity contribution in [3.05, 3.63) is 21.4 Å². The Labute approximate surface area is 138 Å². The van der Waals surface area contributed by atoms with Gasteiger partial charge in [0.2, 0.25) is 0 Å². The Kier molecular flexibility index (Phi) is 4.16. The van der Waals surface area contributed by atoms with Crippen molar-refractivity contribution in [2.75, 3.05) is 18.0 Å². The fraction of sp³-hybridized carbons (Fsp3) is 0.625. The number of aromatic nitrogens is 1. The van der Waals surface area contributed by atoms with E-state index in [2.05, 4.69) is 25.8 Å². The molecular weight excluding hydrogens is 348 g/mol. The van der Waals surface area contributed by atoms with Gasteiger partial charge >= 0.3 is 5.97 Å². The fourth-order valence-corrected chi connectivity index (χ4v) is 4.08. The summed E-state index contributed by atoms with van der Waals surface area (Å²) < 4.78 is 0.796. The van der Waals surface area contributed by atoms with Crippen LogP contribution in [0.5, 0.6) is 0 Å². The van der Waals surface area contributed by atoms with Gasteiger partial charge < -0.3 is 15.1 Å². The smallest absolute Gasteiger partial charge is 0.337 e. The molecule has 5 nitrogen and oxygen atoms in total. The van der Waals surface area contributed by atoms with E-state index < -0.39 is 12.1 Å². The number of carboxylic acid groups (broad SMARTS) is 1. The van der Waals surface area contributed by atoms with Gasteiger partial charge in [0.05, 0.1) is 15.9 Å². The van der Waals surface area contributed by atoms with Gasteiger partial charge in [-0.3, -0.25) is 4.98 Å². The molecule has 1 aromatic rings. The molecule has 2 aliphatic rings. The highest BCUT2D eigenvalue weighted by Gasteiger charge is 2.38. The molecule has 0 spiro atoms. The molecular formula is C16H21BrN2O3. The zero-order chi connectivity index (χ0) is 16.0. The molecule has 0 bridgehead atoms. The zero-order valence-electron chi connectivity index (χ0n) is 12.8. The van der Waals surface area contributed by atoms with E-state index in [-0.39, 0.29) is 0 Å². The third kappa shape index (κ3) is 2.74. The van der Waals surface area contributed by atoms with Crippen molar-refractivity contribution in [2.24, 2.45) is 11.8 Å². The molecule has 2 unspecified atom stereocenters. The Morgan fingerprint density at radius 1 is 1.27 bits per heavy atom. The number of aliphatic hydroxyl groups is 1. The Balaban J connectivity index is 2.02. The minimum Gasteiger partial charge on any atom is -0.479 e. The summed E-state index contributed by atoms with van der Waals surface area (Å²) in [5.41, 5.74) is 2.63. The maximum Gasteiger partial charge on any atom is 0.337 e. The summed E-state index contributed by atoms with van der Waals surface area (Å²) in [6, 6.07) is 0. The second kappa shape index (κ2) is 5.81. The average Bonchev–Trinajstić information content (AvgIpc) is 3.20. The number of carboxylic acids is 1. The number of carbonyl (C=O) groups is 1. The standard InChI is InChI=1S/C16H21BrN2O3/c1-8-12(15(20)16(21)22)14(13(17)9(2)18-8)19-6-5-11(7-19)10-3-4-10/h10-11,15,20H,3-7H2,1-2H3,(H,21,22). The minimum atomic E-state index is -1.54. The summed E-state index contributed by atoms with van der Waals surface area (Å²) >= 11 is 3.56. The summed E-state index contributed by atoms with van der Waals surface area (Å²) in [6.07, 6.45) is 2.23. The summed E-state index contributed by atoms with van der Waals surface area (Å²) in [5.74, 6) is 0.288. The van der Waals surface area contributed by atoms with Gasteiger partial charge in [0.15, 0.2) is 6.10 Å². The second-order valence-electron chi connectivity index (χ2n) is 6.43. The molecule has 1 aliphatic heterocycles. The Morgan fingerprint density at radius 2 is 1.95 bits per heavy atom. The summed E-state index contributed by atoms with van der Waals surface area (Å²) in [6.45, 7) is 5.50. The van der Waals surface area contributed by atoms with Gasteiger partial charge in [0, 0.05) is 24.3 Å². The van der Waals surface area contributed by atoms with Gasteiger partial charge in [-0.2, -0.15) is 0 Å². The van der Waals surface area contributed by atoms with Crippen LogP contribution < -0.4 is 4.90 Å². The lowest BCUT2D eigenvalue weighted by atomic mass is 10.0. The second-order valence-corrected chi connectivity index (χ2v) is 7.22. The molecule has 22 heavy (non-hydrogen) atoms. The van der Waals surface area contributed by atoms with E-state index in [1.807, 2.05) is 6.92 Å². The van der Waals surface area contributed by atoms with Gasteiger partial charge in [0.25, 0.3) is 0 Å². The predicted molar refractivity (Wildman–Crippen MR) is 87.1 cm³/mol. The van der Waals surface area contributed by atoms with Gasteiger partial charge in [-0.15, -0.1) is 0 Å². The molecule has 1 saturated heterocycles. The van der Waals surface area contributed by atoms with Crippen LogP contribution in [0.4, 0.5) is 5.69 Å². The fourth-order valence-electron chi connectivity index (χ4n) is 3.52. The quantitative estimate of drug-likeness (QED) is 0.854. The van der Waals surface area contributed by atoms with Crippen LogP contribution in [0.3, 0.4) is 0 Å². The van der Waals surface area contributed by atoms with Crippen molar-refractivity contribution < 1.29 is 15.0 Å². The summed E-state index contributed by atoms with van der Waals surface area (Å²) in [4.78, 5) is 17.9. The molecule has 2 heterocycles. The molecule has 0 aromatic carbocycles. The van der Waals surface area contributed by atoms with Crippen LogP contribution in [-0.2, 0) is 4.79 Å². The molecule has 1 aromatic heterocycles. The van der Waals surface area contributed by atoms with Gasteiger partial charge in [-0.1, -0.05) is 0 Å². The first-order valence-electron chi connectivity index (χ1n) is 7.72. The van der Waals surface area contributed by atoms with E-state index >= 15 is 0 Å². The highest BCUT2D eigenvalue weighted by atomic mass is 79.9. The van der Waals surface area contributed by atoms with Crippen LogP contribution in [0, 0.1) is 25.7 Å². The predicted octanol–water partition coefficient (Wildman–Crippen LogP) is 2.82. The van der Waals surface area contributed by atoms with E-state index in [0.29, 0.717) is 17.2 Å². The number of nitrogens with zero attached hydrogens (tertiary/aromatic N) is 2. The van der Waals surface area contributed by atoms with Crippen molar-refractivity contribution in [1.29, 1.82) is 0 Å². The van der Waals surface area contributed by atoms with Crippen molar-refractivity contribution in [2.45, 2.75) is 39.2 Å². The van der Waals surface area contributed by atoms with E-state index in [1.165, 1.54) is 12.8 Å². The Hall–Kier alpha value is -1.14. The normalized spacial score (nSPS) is 22.9. The first-order valence-corrected chi connectivity index (χ1v) is 8.51. The molecule has 2 N–H and O–H groups in total. The minimum absolute atomic E-state index is 0.418. The van der Waals surface area contributed by atoms with E-state index in [1.54, 1.807) is 6.92 Å². The SMILES string of the molecule is Cc1nc(C)c(C(O)C(=O)O)c(N2CCC(C3CC3)C2)c1Br. The summed E-state index contributed by atoms with van der Waals surface area (Å²) in [5, 5.41) is 19.4. The van der Waals surface area contributed by atoms with Crippen LogP contribution in [0.25, 0.3) is 0 Å². The zero-order valence-corrected chi connectivity index (χ0v) is 14.4. The number of pyridine rings is 1. The molecule has 2 fully saturated rings. The average molecular weight is 369 g/mol. The van der Waals surface area contributed by atoms with Crippen LogP contribution in [0.15, 0.2) is 4.47 Å². The number of hydrogen-bond donors (Lipinski definition) is 2. The third-order valence-corrected chi connectivity index (χ3v) is 5.79. The Bertz CT molecular complexity index is 616. The molecule has 1 aliphatic carbocycles. The lowest BCUT2D eigenvalue weighted by molar-refractivity contribution is -0.147. The van der Waals surface area contributed by atoms with E-state index in [4.69, 9.17) is 0 Å². The molecule has 2 atom stereocenters. The van der Waals surface area contributed by atoms with Gasteiger partial charge in [-0.05, 0) is 60.9 Å². The first kappa shape index (κ1) is 15.7. The molecule has 0 amide bonds. The molecule has 0 radical (unpaired) electrons. The number of halogens is 1. The van der Waals surface area contributed by atoms with Crippen molar-refractivity contribution in [3.8, 4) is 0 Å². The highest BCUT2D eigenvalue weighted by molar-refractivity contribution is 9.10. The maximum absolute atomic E-state index is 11.3. The first-order chi connectivity index (χ1) is 10.4. The number of aliphatic hydroxyl groups excluding tert-OH is 1. The number of anilines is 1. The van der Waals surface area contributed by atoms with Crippen molar-refractivity contribution in [3.63, 3.8) is 0 Å². The van der Waals surface area contributed by atoms with Gasteiger partial charge in [0.1, 0.15) is 0 Å². The van der Waals surface area contributed by atoms with Crippen LogP contribution in [-0.4, -0.2) is 34.3 Å². The van der Waals surface area contributed by atoms with E-state index in [9.17, 15) is 15.0 Å². The maximum atomic E-state index is 11.3. The van der Waals surface area contributed by atoms with Crippen LogP contribution in [0.1, 0.15) is 42.3 Å². The van der Waals surface area contributed by atoms with Crippen molar-refractivity contribution in [1.82, 2.24) is 4.98 Å². The third-order valence-electron chi connectivity index (χ3n) is 4.84. The largest absolute Gasteiger partial charge is 0.479 e. The van der Waals surface area contributed by atoms with Crippen molar-refractivity contribution >= 4 is 27.6 Å². The lowest BCUT2D eigenvalue weighted by Gasteiger charge is -2.26. The lowest BCUT2D eigenvalue weighted by Crippen LogP contribution is -2.25. The number of aliphatic carboxylic acids is 1. The molecule has 120 valence electrons.